The summed E-state index contributed by atoms with van der Waals surface area (Å²) in [5.74, 6) is 0. The summed E-state index contributed by atoms with van der Waals surface area (Å²) in [7, 11) is 0. The Morgan fingerprint density at radius 3 is 1.45 bits per heavy atom. The molecule has 62 valence electrons. The molecule has 11 heavy (non-hydrogen) atoms. The third-order valence-electron chi connectivity index (χ3n) is 1.26. The Morgan fingerprint density at radius 2 is 1.36 bits per heavy atom. The molecule has 1 fully saturated rings. The van der Waals surface area contributed by atoms with E-state index in [0.29, 0.717) is 0 Å². The zero-order chi connectivity index (χ0) is 7.66. The normalized spacial score (nSPS) is 14.0. The van der Waals surface area contributed by atoms with E-state index >= 15 is 0 Å². The van der Waals surface area contributed by atoms with E-state index in [1.54, 1.807) is 0 Å². The molecule has 1 saturated heterocycles. The first kappa shape index (κ1) is 12.9. The Bertz CT molecular complexity index is 117. The van der Waals surface area contributed by atoms with Gasteiger partial charge in [-0.3, -0.25) is 0 Å². The van der Waals surface area contributed by atoms with Crippen LogP contribution in [0.1, 0.15) is 19.3 Å². The molecule has 0 saturated carbocycles. The second-order valence-corrected chi connectivity index (χ2v) is 2.03. The number of nitrogens with one attached hydrogen (secondary N) is 1. The SMILES string of the molecule is C1CCNCC1.N#CC#N.S. The molecule has 0 bridgehead atoms. The van der Waals surface area contributed by atoms with Gasteiger partial charge < -0.3 is 5.32 Å². The van der Waals surface area contributed by atoms with Gasteiger partial charge in [0.25, 0.3) is 0 Å². The molecule has 1 rings (SSSR count). The number of hydrogen-bond acceptors (Lipinski definition) is 3. The smallest absolute Gasteiger partial charge is 0.181 e. The van der Waals surface area contributed by atoms with Crippen molar-refractivity contribution in [3.8, 4) is 12.1 Å². The first-order valence-corrected chi connectivity index (χ1v) is 3.40. The molecule has 0 aromatic heterocycles. The summed E-state index contributed by atoms with van der Waals surface area (Å²) in [6.45, 7) is 2.50. The van der Waals surface area contributed by atoms with E-state index in [0.717, 1.165) is 0 Å². The topological polar surface area (TPSA) is 59.6 Å². The third kappa shape index (κ3) is 12.5. The number of piperidine rings is 1. The summed E-state index contributed by atoms with van der Waals surface area (Å²) < 4.78 is 0. The summed E-state index contributed by atoms with van der Waals surface area (Å²) in [4.78, 5) is 0. The largest absolute Gasteiger partial charge is 0.317 e. The van der Waals surface area contributed by atoms with Crippen molar-refractivity contribution in [2.45, 2.75) is 19.3 Å². The lowest BCUT2D eigenvalue weighted by molar-refractivity contribution is 0.520. The lowest BCUT2D eigenvalue weighted by atomic mass is 10.2. The highest BCUT2D eigenvalue weighted by molar-refractivity contribution is 7.59. The maximum Gasteiger partial charge on any atom is 0.181 e. The second kappa shape index (κ2) is 12.0. The molecule has 1 heterocycles. The highest BCUT2D eigenvalue weighted by atomic mass is 32.1. The van der Waals surface area contributed by atoms with Crippen molar-refractivity contribution in [1.82, 2.24) is 5.32 Å². The van der Waals surface area contributed by atoms with Gasteiger partial charge >= 0.3 is 0 Å². The van der Waals surface area contributed by atoms with Gasteiger partial charge in [-0.15, -0.1) is 0 Å². The molecule has 1 aliphatic heterocycles. The fourth-order valence-electron chi connectivity index (χ4n) is 0.802. The standard InChI is InChI=1S/C5H11N.C2N2.H2S/c1-2-4-6-5-3-1;3-1-2-4;/h6H,1-5H2;;1H2. The molecular weight excluding hydrogens is 158 g/mol. The monoisotopic (exact) mass is 171 g/mol. The van der Waals surface area contributed by atoms with Gasteiger partial charge in [-0.1, -0.05) is 6.42 Å². The fourth-order valence-corrected chi connectivity index (χ4v) is 0.802. The predicted molar refractivity (Wildman–Crippen MR) is 48.3 cm³/mol. The van der Waals surface area contributed by atoms with Crippen molar-refractivity contribution in [2.24, 2.45) is 0 Å². The van der Waals surface area contributed by atoms with Crippen molar-refractivity contribution in [3.05, 3.63) is 0 Å². The van der Waals surface area contributed by atoms with Gasteiger partial charge in [0, 0.05) is 0 Å². The summed E-state index contributed by atoms with van der Waals surface area (Å²) in [6, 6.07) is 2.47. The van der Waals surface area contributed by atoms with Crippen LogP contribution in [0.5, 0.6) is 0 Å². The predicted octanol–water partition coefficient (Wildman–Crippen LogP) is 0.906. The summed E-state index contributed by atoms with van der Waals surface area (Å²) in [5.41, 5.74) is 0. The van der Waals surface area contributed by atoms with Crippen LogP contribution in [0.15, 0.2) is 0 Å². The van der Waals surface area contributed by atoms with Crippen molar-refractivity contribution in [2.75, 3.05) is 13.1 Å². The molecule has 4 heteroatoms. The van der Waals surface area contributed by atoms with E-state index in [9.17, 15) is 0 Å². The second-order valence-electron chi connectivity index (χ2n) is 2.03. The van der Waals surface area contributed by atoms with E-state index in [1.807, 2.05) is 0 Å². The molecule has 0 aromatic rings. The minimum absolute atomic E-state index is 0. The van der Waals surface area contributed by atoms with Crippen LogP contribution >= 0.6 is 13.5 Å². The van der Waals surface area contributed by atoms with Gasteiger partial charge in [0.2, 0.25) is 0 Å². The van der Waals surface area contributed by atoms with Crippen LogP contribution in [0.4, 0.5) is 0 Å². The van der Waals surface area contributed by atoms with Gasteiger partial charge in [0.15, 0.2) is 12.1 Å². The third-order valence-corrected chi connectivity index (χ3v) is 1.26. The molecule has 1 N–H and O–H groups in total. The summed E-state index contributed by atoms with van der Waals surface area (Å²) in [6.07, 6.45) is 4.22. The lowest BCUT2D eigenvalue weighted by Gasteiger charge is -2.08. The van der Waals surface area contributed by atoms with Gasteiger partial charge in [-0.05, 0) is 25.9 Å². The zero-order valence-corrected chi connectivity index (χ0v) is 7.43. The van der Waals surface area contributed by atoms with Gasteiger partial charge in [0.1, 0.15) is 0 Å². The molecule has 0 amide bonds. The fraction of sp³-hybridized carbons (Fsp3) is 0.714. The average Bonchev–Trinajstić information content (AvgIpc) is 2.08. The Balaban J connectivity index is 0. The van der Waals surface area contributed by atoms with E-state index in [1.165, 1.54) is 44.5 Å². The van der Waals surface area contributed by atoms with E-state index in [2.05, 4.69) is 5.32 Å². The summed E-state index contributed by atoms with van der Waals surface area (Å²) in [5, 5.41) is 17.8. The molecule has 0 unspecified atom stereocenters. The van der Waals surface area contributed by atoms with Gasteiger partial charge in [-0.2, -0.15) is 24.0 Å². The van der Waals surface area contributed by atoms with Crippen molar-refractivity contribution in [1.29, 1.82) is 10.5 Å². The molecule has 1 aliphatic rings. The Kier molecular flexibility index (Phi) is 14.1. The van der Waals surface area contributed by atoms with Gasteiger partial charge in [0.05, 0.1) is 0 Å². The molecule has 0 aliphatic carbocycles. The molecule has 0 atom stereocenters. The Labute approximate surface area is 74.5 Å². The molecule has 0 aromatic carbocycles. The van der Waals surface area contributed by atoms with Crippen LogP contribution in [0.3, 0.4) is 0 Å². The Morgan fingerprint density at radius 1 is 0.909 bits per heavy atom. The maximum atomic E-state index is 7.26. The van der Waals surface area contributed by atoms with Crippen LogP contribution < -0.4 is 5.32 Å². The zero-order valence-electron chi connectivity index (χ0n) is 6.43. The molecular formula is C7H13N3S. The number of nitriles is 2. The minimum atomic E-state index is 0. The highest BCUT2D eigenvalue weighted by Crippen LogP contribution is 1.96. The van der Waals surface area contributed by atoms with Crippen molar-refractivity contribution >= 4 is 13.5 Å². The highest BCUT2D eigenvalue weighted by Gasteiger charge is 1.93. The van der Waals surface area contributed by atoms with Crippen LogP contribution in [0.2, 0.25) is 0 Å². The van der Waals surface area contributed by atoms with Crippen molar-refractivity contribution in [3.63, 3.8) is 0 Å². The van der Waals surface area contributed by atoms with Crippen LogP contribution in [-0.4, -0.2) is 13.1 Å². The minimum Gasteiger partial charge on any atom is -0.317 e. The molecule has 0 radical (unpaired) electrons. The van der Waals surface area contributed by atoms with E-state index < -0.39 is 0 Å². The number of hydrogen-bond donors (Lipinski definition) is 1. The van der Waals surface area contributed by atoms with Crippen LogP contribution in [0.25, 0.3) is 0 Å². The summed E-state index contributed by atoms with van der Waals surface area (Å²) >= 11 is 0. The van der Waals surface area contributed by atoms with E-state index in [-0.39, 0.29) is 13.5 Å². The maximum absolute atomic E-state index is 7.26. The quantitative estimate of drug-likeness (QED) is 0.589. The van der Waals surface area contributed by atoms with Crippen LogP contribution in [0, 0.1) is 22.7 Å². The first-order chi connectivity index (χ1) is 4.91. The Hall–Kier alpha value is -0.710. The number of nitrogens with zero attached hydrogens (tertiary/aromatic N) is 2. The lowest BCUT2D eigenvalue weighted by Crippen LogP contribution is -2.21. The van der Waals surface area contributed by atoms with Crippen molar-refractivity contribution < 1.29 is 0 Å². The molecule has 3 nitrogen and oxygen atoms in total. The van der Waals surface area contributed by atoms with E-state index in [4.69, 9.17) is 10.5 Å². The van der Waals surface area contributed by atoms with Crippen LogP contribution in [-0.2, 0) is 0 Å². The van der Waals surface area contributed by atoms with Gasteiger partial charge in [-0.25, -0.2) is 0 Å². The first-order valence-electron chi connectivity index (χ1n) is 3.40. The molecule has 0 spiro atoms. The average molecular weight is 171 g/mol. The number of rotatable bonds is 0.